The SMILES string of the molecule is CC(CC1(CC(C)c2ccccc2)CC(O)CC(CC(C)c2ccccc2)(CC(C)c2ccccc2)C1)c1ccccc1. The van der Waals surface area contributed by atoms with Gasteiger partial charge in [-0.05, 0) is 102 Å². The van der Waals surface area contributed by atoms with E-state index < -0.39 is 0 Å². The van der Waals surface area contributed by atoms with Crippen molar-refractivity contribution in [3.8, 4) is 0 Å². The van der Waals surface area contributed by atoms with Crippen LogP contribution < -0.4 is 0 Å². The summed E-state index contributed by atoms with van der Waals surface area (Å²) in [6.07, 6.45) is 7.08. The molecule has 1 N–H and O–H groups in total. The zero-order chi connectivity index (χ0) is 30.3. The Morgan fingerprint density at radius 1 is 0.465 bits per heavy atom. The predicted octanol–water partition coefficient (Wildman–Crippen LogP) is 11.3. The van der Waals surface area contributed by atoms with Gasteiger partial charge in [-0.3, -0.25) is 0 Å². The molecule has 1 saturated carbocycles. The molecule has 4 unspecified atom stereocenters. The van der Waals surface area contributed by atoms with Crippen LogP contribution in [0.2, 0.25) is 0 Å². The molecular formula is C42H52O. The maximum Gasteiger partial charge on any atom is 0.0550 e. The van der Waals surface area contributed by atoms with Crippen LogP contribution in [-0.4, -0.2) is 11.2 Å². The van der Waals surface area contributed by atoms with E-state index in [9.17, 15) is 5.11 Å². The van der Waals surface area contributed by atoms with Gasteiger partial charge in [-0.25, -0.2) is 0 Å². The Morgan fingerprint density at radius 3 is 0.930 bits per heavy atom. The molecule has 0 aromatic heterocycles. The van der Waals surface area contributed by atoms with E-state index in [0.717, 1.165) is 38.5 Å². The summed E-state index contributed by atoms with van der Waals surface area (Å²) < 4.78 is 0. The van der Waals surface area contributed by atoms with Crippen LogP contribution in [0.1, 0.15) is 119 Å². The maximum absolute atomic E-state index is 11.9. The van der Waals surface area contributed by atoms with Crippen LogP contribution in [0.5, 0.6) is 0 Å². The van der Waals surface area contributed by atoms with E-state index in [1.54, 1.807) is 0 Å². The lowest BCUT2D eigenvalue weighted by molar-refractivity contribution is -0.0585. The second-order valence-electron chi connectivity index (χ2n) is 14.3. The molecule has 0 radical (unpaired) electrons. The number of aliphatic hydroxyl groups is 1. The zero-order valence-electron chi connectivity index (χ0n) is 26.8. The number of hydrogen-bond acceptors (Lipinski definition) is 1. The normalized spacial score (nSPS) is 25.0. The fourth-order valence-corrected chi connectivity index (χ4v) is 9.00. The Balaban J connectivity index is 1.54. The van der Waals surface area contributed by atoms with Crippen molar-refractivity contribution in [3.63, 3.8) is 0 Å². The predicted molar refractivity (Wildman–Crippen MR) is 183 cm³/mol. The topological polar surface area (TPSA) is 20.2 Å². The van der Waals surface area contributed by atoms with E-state index >= 15 is 0 Å². The molecule has 0 heterocycles. The molecule has 1 heteroatoms. The van der Waals surface area contributed by atoms with Crippen molar-refractivity contribution < 1.29 is 5.11 Å². The maximum atomic E-state index is 11.9. The molecule has 1 fully saturated rings. The van der Waals surface area contributed by atoms with Crippen molar-refractivity contribution in [2.75, 3.05) is 0 Å². The Morgan fingerprint density at radius 2 is 0.698 bits per heavy atom. The smallest absolute Gasteiger partial charge is 0.0550 e. The molecule has 226 valence electrons. The van der Waals surface area contributed by atoms with E-state index in [0.29, 0.717) is 23.7 Å². The molecule has 0 bridgehead atoms. The lowest BCUT2D eigenvalue weighted by atomic mass is 9.52. The van der Waals surface area contributed by atoms with Gasteiger partial charge in [0.25, 0.3) is 0 Å². The summed E-state index contributed by atoms with van der Waals surface area (Å²) >= 11 is 0. The van der Waals surface area contributed by atoms with E-state index in [1.165, 1.54) is 28.7 Å². The fourth-order valence-electron chi connectivity index (χ4n) is 9.00. The lowest BCUT2D eigenvalue weighted by Gasteiger charge is -2.53. The first-order valence-electron chi connectivity index (χ1n) is 16.6. The van der Waals surface area contributed by atoms with Gasteiger partial charge >= 0.3 is 0 Å². The summed E-state index contributed by atoms with van der Waals surface area (Å²) in [6, 6.07) is 44.2. The molecule has 0 spiro atoms. The van der Waals surface area contributed by atoms with Gasteiger partial charge in [0, 0.05) is 0 Å². The zero-order valence-corrected chi connectivity index (χ0v) is 26.8. The summed E-state index contributed by atoms with van der Waals surface area (Å²) in [7, 11) is 0. The molecular weight excluding hydrogens is 520 g/mol. The molecule has 4 atom stereocenters. The van der Waals surface area contributed by atoms with Crippen LogP contribution in [0, 0.1) is 10.8 Å². The molecule has 1 aliphatic carbocycles. The quantitative estimate of drug-likeness (QED) is 0.179. The van der Waals surface area contributed by atoms with Crippen molar-refractivity contribution in [1.29, 1.82) is 0 Å². The van der Waals surface area contributed by atoms with Crippen LogP contribution in [0.4, 0.5) is 0 Å². The third kappa shape index (κ3) is 8.07. The molecule has 4 aromatic rings. The van der Waals surface area contributed by atoms with E-state index in [2.05, 4.69) is 149 Å². The van der Waals surface area contributed by atoms with Crippen molar-refractivity contribution in [1.82, 2.24) is 0 Å². The van der Waals surface area contributed by atoms with Gasteiger partial charge in [-0.2, -0.15) is 0 Å². The molecule has 1 nitrogen and oxygen atoms in total. The van der Waals surface area contributed by atoms with E-state index in [-0.39, 0.29) is 16.9 Å². The summed E-state index contributed by atoms with van der Waals surface area (Å²) in [4.78, 5) is 0. The summed E-state index contributed by atoms with van der Waals surface area (Å²) in [5.74, 6) is 1.74. The minimum atomic E-state index is -0.286. The first-order valence-corrected chi connectivity index (χ1v) is 16.6. The van der Waals surface area contributed by atoms with Crippen LogP contribution in [-0.2, 0) is 0 Å². The Kier molecular flexibility index (Phi) is 10.2. The molecule has 43 heavy (non-hydrogen) atoms. The summed E-state index contributed by atoms with van der Waals surface area (Å²) in [5.41, 5.74) is 5.75. The fraction of sp³-hybridized carbons (Fsp3) is 0.429. The van der Waals surface area contributed by atoms with Crippen LogP contribution in [0.3, 0.4) is 0 Å². The number of aliphatic hydroxyl groups excluding tert-OH is 1. The van der Waals surface area contributed by atoms with E-state index in [1.807, 2.05) is 0 Å². The molecule has 0 amide bonds. The molecule has 0 saturated heterocycles. The Bertz CT molecular complexity index is 1160. The van der Waals surface area contributed by atoms with Crippen LogP contribution in [0.15, 0.2) is 121 Å². The minimum absolute atomic E-state index is 0.0506. The first-order chi connectivity index (χ1) is 20.8. The number of rotatable bonds is 12. The standard InChI is InChI=1S/C42H52O/c1-32(36-17-9-5-10-18-36)25-41(26-33(2)37-19-11-6-12-20-37)29-40(43)30-42(31-41,27-34(3)38-21-13-7-14-22-38)28-35(4)39-23-15-8-16-24-39/h5-24,32-35,40,43H,25-31H2,1-4H3. The summed E-state index contributed by atoms with van der Waals surface area (Å²) in [5, 5.41) is 11.9. The third-order valence-electron chi connectivity index (χ3n) is 10.5. The molecule has 0 aliphatic heterocycles. The van der Waals surface area contributed by atoms with E-state index in [4.69, 9.17) is 0 Å². The second kappa shape index (κ2) is 14.1. The number of benzene rings is 4. The van der Waals surface area contributed by atoms with Gasteiger partial charge in [-0.15, -0.1) is 0 Å². The Labute approximate surface area is 261 Å². The summed E-state index contributed by atoms with van der Waals surface area (Å²) in [6.45, 7) is 9.64. The van der Waals surface area contributed by atoms with Gasteiger partial charge in [0.1, 0.15) is 0 Å². The van der Waals surface area contributed by atoms with Crippen LogP contribution in [0.25, 0.3) is 0 Å². The van der Waals surface area contributed by atoms with Crippen molar-refractivity contribution >= 4 is 0 Å². The third-order valence-corrected chi connectivity index (χ3v) is 10.5. The van der Waals surface area contributed by atoms with Crippen molar-refractivity contribution in [2.24, 2.45) is 10.8 Å². The lowest BCUT2D eigenvalue weighted by Crippen LogP contribution is -2.45. The van der Waals surface area contributed by atoms with Gasteiger partial charge < -0.3 is 5.11 Å². The minimum Gasteiger partial charge on any atom is -0.393 e. The van der Waals surface area contributed by atoms with Crippen molar-refractivity contribution in [3.05, 3.63) is 144 Å². The second-order valence-corrected chi connectivity index (χ2v) is 14.3. The number of hydrogen-bond donors (Lipinski definition) is 1. The highest BCUT2D eigenvalue weighted by Crippen LogP contribution is 2.60. The monoisotopic (exact) mass is 572 g/mol. The van der Waals surface area contributed by atoms with Crippen molar-refractivity contribution in [2.45, 2.75) is 102 Å². The highest BCUT2D eigenvalue weighted by atomic mass is 16.3. The van der Waals surface area contributed by atoms with Gasteiger partial charge in [-0.1, -0.05) is 149 Å². The molecule has 5 rings (SSSR count). The first kappa shape index (κ1) is 31.3. The highest BCUT2D eigenvalue weighted by molar-refractivity contribution is 5.24. The molecule has 1 aliphatic rings. The van der Waals surface area contributed by atoms with Gasteiger partial charge in [0.15, 0.2) is 0 Å². The van der Waals surface area contributed by atoms with Gasteiger partial charge in [0.2, 0.25) is 0 Å². The molecule has 4 aromatic carbocycles. The average molecular weight is 573 g/mol. The largest absolute Gasteiger partial charge is 0.393 e. The average Bonchev–Trinajstić information content (AvgIpc) is 3.02. The van der Waals surface area contributed by atoms with Crippen LogP contribution >= 0.6 is 0 Å². The van der Waals surface area contributed by atoms with Gasteiger partial charge in [0.05, 0.1) is 6.10 Å². The highest BCUT2D eigenvalue weighted by Gasteiger charge is 2.49. The Hall–Kier alpha value is -3.16.